The van der Waals surface area contributed by atoms with Crippen LogP contribution in [0.15, 0.2) is 12.1 Å². The zero-order chi connectivity index (χ0) is 12.8. The highest BCUT2D eigenvalue weighted by Crippen LogP contribution is 2.36. The van der Waals surface area contributed by atoms with Gasteiger partial charge < -0.3 is 25.4 Å². The first kappa shape index (κ1) is 13.6. The molecule has 1 rings (SSSR count). The number of methoxy groups -OCH3 is 1. The minimum Gasteiger partial charge on any atom is -0.504 e. The molecular formula is C12H19NO4. The first-order valence-corrected chi connectivity index (χ1v) is 5.51. The van der Waals surface area contributed by atoms with Gasteiger partial charge in [0.2, 0.25) is 5.75 Å². The molecule has 0 heterocycles. The highest BCUT2D eigenvalue weighted by Gasteiger charge is 2.11. The van der Waals surface area contributed by atoms with Crippen LogP contribution in [0.5, 0.6) is 17.2 Å². The highest BCUT2D eigenvalue weighted by atomic mass is 16.5. The molecule has 0 saturated heterocycles. The highest BCUT2D eigenvalue weighted by molar-refractivity contribution is 5.52. The van der Waals surface area contributed by atoms with Gasteiger partial charge in [0.15, 0.2) is 11.5 Å². The van der Waals surface area contributed by atoms with Crippen molar-refractivity contribution in [2.75, 3.05) is 13.7 Å². The van der Waals surface area contributed by atoms with Gasteiger partial charge in [-0.15, -0.1) is 0 Å². The number of phenols is 3. The minimum atomic E-state index is -0.478. The second-order valence-corrected chi connectivity index (χ2v) is 4.00. The van der Waals surface area contributed by atoms with Crippen molar-refractivity contribution < 1.29 is 20.1 Å². The molecule has 17 heavy (non-hydrogen) atoms. The first-order valence-electron chi connectivity index (χ1n) is 5.51. The summed E-state index contributed by atoms with van der Waals surface area (Å²) < 4.78 is 4.96. The Morgan fingerprint density at radius 3 is 2.59 bits per heavy atom. The fourth-order valence-corrected chi connectivity index (χ4v) is 1.43. The van der Waals surface area contributed by atoms with E-state index in [1.165, 1.54) is 6.07 Å². The molecule has 0 aromatic heterocycles. The van der Waals surface area contributed by atoms with Crippen LogP contribution in [0.25, 0.3) is 0 Å². The van der Waals surface area contributed by atoms with Gasteiger partial charge in [0.1, 0.15) is 0 Å². The monoisotopic (exact) mass is 241 g/mol. The average Bonchev–Trinajstić information content (AvgIpc) is 2.32. The van der Waals surface area contributed by atoms with E-state index in [0.29, 0.717) is 18.7 Å². The predicted octanol–water partition coefficient (Wildman–Crippen LogP) is 1.32. The molecule has 1 aromatic carbocycles. The summed E-state index contributed by atoms with van der Waals surface area (Å²) in [4.78, 5) is 0. The molecule has 0 bridgehead atoms. The lowest BCUT2D eigenvalue weighted by Crippen LogP contribution is -2.26. The molecule has 1 unspecified atom stereocenters. The third kappa shape index (κ3) is 3.80. The molecule has 0 fully saturated rings. The van der Waals surface area contributed by atoms with E-state index in [4.69, 9.17) is 4.74 Å². The Bertz CT molecular complexity index is 368. The topological polar surface area (TPSA) is 82.0 Å². The molecule has 4 N–H and O–H groups in total. The molecule has 1 aromatic rings. The Balaban J connectivity index is 2.55. The molecule has 0 spiro atoms. The fourth-order valence-electron chi connectivity index (χ4n) is 1.43. The Morgan fingerprint density at radius 1 is 1.24 bits per heavy atom. The van der Waals surface area contributed by atoms with Crippen molar-refractivity contribution in [3.8, 4) is 17.2 Å². The third-order valence-corrected chi connectivity index (χ3v) is 2.61. The molecule has 5 heteroatoms. The lowest BCUT2D eigenvalue weighted by molar-refractivity contribution is 0.184. The largest absolute Gasteiger partial charge is 0.504 e. The van der Waals surface area contributed by atoms with E-state index in [2.05, 4.69) is 5.32 Å². The van der Waals surface area contributed by atoms with Crippen molar-refractivity contribution in [1.82, 2.24) is 5.32 Å². The summed E-state index contributed by atoms with van der Waals surface area (Å²) in [7, 11) is 1.65. The molecule has 0 amide bonds. The number of rotatable bonds is 6. The second kappa shape index (κ2) is 6.32. The van der Waals surface area contributed by atoms with E-state index in [1.54, 1.807) is 13.2 Å². The maximum atomic E-state index is 9.59. The van der Waals surface area contributed by atoms with Gasteiger partial charge in [-0.1, -0.05) is 6.07 Å². The van der Waals surface area contributed by atoms with E-state index in [9.17, 15) is 15.3 Å². The standard InChI is InChI=1S/C12H19NO4/c1-8(5-6-17-2)13-7-9-3-4-10(14)12(16)11(9)15/h3-4,8,13-16H,5-7H2,1-2H3. The van der Waals surface area contributed by atoms with E-state index in [1.807, 2.05) is 6.92 Å². The SMILES string of the molecule is COCCC(C)NCc1ccc(O)c(O)c1O. The summed E-state index contributed by atoms with van der Waals surface area (Å²) in [5.41, 5.74) is 0.546. The Morgan fingerprint density at radius 2 is 1.94 bits per heavy atom. The van der Waals surface area contributed by atoms with E-state index in [0.717, 1.165) is 6.42 Å². The smallest absolute Gasteiger partial charge is 0.200 e. The van der Waals surface area contributed by atoms with Crippen molar-refractivity contribution in [1.29, 1.82) is 0 Å². The summed E-state index contributed by atoms with van der Waals surface area (Å²) in [6, 6.07) is 3.16. The van der Waals surface area contributed by atoms with Crippen LogP contribution >= 0.6 is 0 Å². The van der Waals surface area contributed by atoms with Crippen LogP contribution in [0.3, 0.4) is 0 Å². The maximum absolute atomic E-state index is 9.59. The van der Waals surface area contributed by atoms with Crippen molar-refractivity contribution >= 4 is 0 Å². The summed E-state index contributed by atoms with van der Waals surface area (Å²) in [5.74, 6) is -1.08. The molecule has 1 atom stereocenters. The van der Waals surface area contributed by atoms with Crippen LogP contribution in [-0.2, 0) is 11.3 Å². The predicted molar refractivity (Wildman–Crippen MR) is 64.2 cm³/mol. The van der Waals surface area contributed by atoms with Gasteiger partial charge in [0, 0.05) is 31.9 Å². The molecule has 0 aliphatic carbocycles. The number of hydrogen-bond acceptors (Lipinski definition) is 5. The van der Waals surface area contributed by atoms with Crippen LogP contribution in [0.2, 0.25) is 0 Å². The minimum absolute atomic E-state index is 0.241. The van der Waals surface area contributed by atoms with Gasteiger partial charge >= 0.3 is 0 Å². The third-order valence-electron chi connectivity index (χ3n) is 2.61. The lowest BCUT2D eigenvalue weighted by Gasteiger charge is -2.14. The van der Waals surface area contributed by atoms with Gasteiger partial charge in [-0.3, -0.25) is 0 Å². The maximum Gasteiger partial charge on any atom is 0.200 e. The molecule has 0 radical (unpaired) electrons. The van der Waals surface area contributed by atoms with Crippen LogP contribution in [0, 0.1) is 0 Å². The Hall–Kier alpha value is -1.46. The van der Waals surface area contributed by atoms with Crippen LogP contribution in [0.1, 0.15) is 18.9 Å². The number of benzene rings is 1. The van der Waals surface area contributed by atoms with E-state index >= 15 is 0 Å². The number of aromatic hydroxyl groups is 3. The van der Waals surface area contributed by atoms with Gasteiger partial charge in [-0.25, -0.2) is 0 Å². The molecule has 0 saturated carbocycles. The van der Waals surface area contributed by atoms with E-state index in [-0.39, 0.29) is 17.5 Å². The summed E-state index contributed by atoms with van der Waals surface area (Å²) in [6.07, 6.45) is 0.862. The molecule has 5 nitrogen and oxygen atoms in total. The Labute approximate surface area is 101 Å². The van der Waals surface area contributed by atoms with Gasteiger partial charge in [-0.2, -0.15) is 0 Å². The van der Waals surface area contributed by atoms with Crippen molar-refractivity contribution in [3.63, 3.8) is 0 Å². The summed E-state index contributed by atoms with van der Waals surface area (Å²) in [6.45, 7) is 3.10. The zero-order valence-electron chi connectivity index (χ0n) is 10.1. The normalized spacial score (nSPS) is 12.6. The van der Waals surface area contributed by atoms with Gasteiger partial charge in [0.05, 0.1) is 0 Å². The second-order valence-electron chi connectivity index (χ2n) is 4.00. The Kier molecular flexibility index (Phi) is 5.06. The van der Waals surface area contributed by atoms with Crippen LogP contribution < -0.4 is 5.32 Å². The van der Waals surface area contributed by atoms with Crippen LogP contribution in [-0.4, -0.2) is 35.1 Å². The van der Waals surface area contributed by atoms with Gasteiger partial charge in [0.25, 0.3) is 0 Å². The van der Waals surface area contributed by atoms with Gasteiger partial charge in [-0.05, 0) is 19.4 Å². The first-order chi connectivity index (χ1) is 8.06. The number of hydrogen-bond donors (Lipinski definition) is 4. The number of phenolic OH excluding ortho intramolecular Hbond substituents is 3. The molecule has 96 valence electrons. The number of ether oxygens (including phenoxy) is 1. The summed E-state index contributed by atoms with van der Waals surface area (Å²) in [5, 5.41) is 31.3. The van der Waals surface area contributed by atoms with Crippen LogP contribution in [0.4, 0.5) is 0 Å². The molecular weight excluding hydrogens is 222 g/mol. The zero-order valence-corrected chi connectivity index (χ0v) is 10.1. The molecule has 0 aliphatic heterocycles. The van der Waals surface area contributed by atoms with Crippen molar-refractivity contribution in [2.45, 2.75) is 25.9 Å². The number of nitrogens with one attached hydrogen (secondary N) is 1. The van der Waals surface area contributed by atoms with E-state index < -0.39 is 5.75 Å². The quantitative estimate of drug-likeness (QED) is 0.565. The average molecular weight is 241 g/mol. The lowest BCUT2D eigenvalue weighted by atomic mass is 10.1. The fraction of sp³-hybridized carbons (Fsp3) is 0.500. The van der Waals surface area contributed by atoms with Crippen molar-refractivity contribution in [3.05, 3.63) is 17.7 Å². The molecule has 0 aliphatic rings. The van der Waals surface area contributed by atoms with Crippen molar-refractivity contribution in [2.24, 2.45) is 0 Å². The summed E-state index contributed by atoms with van der Waals surface area (Å²) >= 11 is 0.